The normalized spacial score (nSPS) is 10.4. The van der Waals surface area contributed by atoms with Crippen LogP contribution >= 0.6 is 12.2 Å². The monoisotopic (exact) mass is 210 g/mol. The maximum absolute atomic E-state index is 13.4. The first kappa shape index (κ1) is 9.08. The van der Waals surface area contributed by atoms with Crippen molar-refractivity contribution in [1.29, 1.82) is 0 Å². The summed E-state index contributed by atoms with van der Waals surface area (Å²) < 4.78 is 18.5. The number of hydrogen-bond acceptors (Lipinski definition) is 3. The molecular formula is C9H7FN2OS. The Hall–Kier alpha value is -1.49. The maximum Gasteiger partial charge on any atom is 0.258 e. The standard InChI is InChI=1S/C9H7FN2OS/c1-5-2-3-6(7(10)4-5)8-11-9(14)12-13-8/h2-4H,1H3,(H,12,14). The second kappa shape index (κ2) is 3.34. The molecule has 1 N–H and O–H groups in total. The van der Waals surface area contributed by atoms with E-state index in [2.05, 4.69) is 10.1 Å². The Morgan fingerprint density at radius 2 is 2.29 bits per heavy atom. The van der Waals surface area contributed by atoms with E-state index in [1.807, 2.05) is 6.92 Å². The first-order valence-electron chi connectivity index (χ1n) is 3.99. The number of nitrogens with one attached hydrogen (secondary N) is 1. The van der Waals surface area contributed by atoms with E-state index >= 15 is 0 Å². The van der Waals surface area contributed by atoms with Crippen molar-refractivity contribution in [2.24, 2.45) is 0 Å². The molecule has 1 aromatic heterocycles. The summed E-state index contributed by atoms with van der Waals surface area (Å²) in [5.41, 5.74) is 1.16. The van der Waals surface area contributed by atoms with Crippen molar-refractivity contribution in [3.05, 3.63) is 34.4 Å². The van der Waals surface area contributed by atoms with Crippen LogP contribution in [-0.2, 0) is 0 Å². The molecule has 2 rings (SSSR count). The van der Waals surface area contributed by atoms with Gasteiger partial charge in [0.2, 0.25) is 4.77 Å². The van der Waals surface area contributed by atoms with E-state index in [0.29, 0.717) is 5.56 Å². The molecule has 3 nitrogen and oxygen atoms in total. The molecule has 0 amide bonds. The zero-order chi connectivity index (χ0) is 10.1. The summed E-state index contributed by atoms with van der Waals surface area (Å²) >= 11 is 4.72. The van der Waals surface area contributed by atoms with Crippen molar-refractivity contribution in [2.45, 2.75) is 6.92 Å². The Bertz CT molecular complexity index is 518. The van der Waals surface area contributed by atoms with Crippen LogP contribution in [0.4, 0.5) is 4.39 Å². The number of hydrogen-bond donors (Lipinski definition) is 1. The molecule has 1 heterocycles. The highest BCUT2D eigenvalue weighted by atomic mass is 32.1. The minimum atomic E-state index is -0.366. The lowest BCUT2D eigenvalue weighted by Crippen LogP contribution is -1.85. The molecule has 0 spiro atoms. The van der Waals surface area contributed by atoms with Crippen LogP contribution in [0.3, 0.4) is 0 Å². The van der Waals surface area contributed by atoms with Crippen LogP contribution in [0.5, 0.6) is 0 Å². The number of nitrogens with zero attached hydrogens (tertiary/aromatic N) is 1. The number of aryl methyl sites for hydroxylation is 1. The first-order valence-corrected chi connectivity index (χ1v) is 4.39. The van der Waals surface area contributed by atoms with Crippen LogP contribution < -0.4 is 0 Å². The number of rotatable bonds is 1. The van der Waals surface area contributed by atoms with Crippen molar-refractivity contribution in [3.63, 3.8) is 0 Å². The van der Waals surface area contributed by atoms with Gasteiger partial charge in [-0.3, -0.25) is 0 Å². The fraction of sp³-hybridized carbons (Fsp3) is 0.111. The van der Waals surface area contributed by atoms with Gasteiger partial charge in [-0.2, -0.15) is 10.1 Å². The van der Waals surface area contributed by atoms with E-state index in [-0.39, 0.29) is 16.5 Å². The summed E-state index contributed by atoms with van der Waals surface area (Å²) in [6.07, 6.45) is 0. The summed E-state index contributed by atoms with van der Waals surface area (Å²) in [5.74, 6) is -0.192. The van der Waals surface area contributed by atoms with Crippen molar-refractivity contribution in [2.75, 3.05) is 0 Å². The fourth-order valence-corrected chi connectivity index (χ4v) is 1.26. The van der Waals surface area contributed by atoms with Crippen LogP contribution in [-0.4, -0.2) is 10.1 Å². The molecule has 72 valence electrons. The first-order chi connectivity index (χ1) is 6.66. The molecule has 0 aliphatic heterocycles. The molecule has 1 aromatic carbocycles. The molecule has 0 bridgehead atoms. The third-order valence-electron chi connectivity index (χ3n) is 1.79. The van der Waals surface area contributed by atoms with Crippen LogP contribution in [0, 0.1) is 17.5 Å². The lowest BCUT2D eigenvalue weighted by Gasteiger charge is -1.97. The number of H-pyrrole nitrogens is 1. The van der Waals surface area contributed by atoms with E-state index < -0.39 is 0 Å². The van der Waals surface area contributed by atoms with Crippen molar-refractivity contribution in [3.8, 4) is 11.5 Å². The molecule has 0 saturated carbocycles. The van der Waals surface area contributed by atoms with Gasteiger partial charge in [0.05, 0.1) is 5.56 Å². The van der Waals surface area contributed by atoms with Crippen LogP contribution in [0.15, 0.2) is 22.7 Å². The van der Waals surface area contributed by atoms with Crippen molar-refractivity contribution >= 4 is 12.2 Å². The van der Waals surface area contributed by atoms with Crippen LogP contribution in [0.2, 0.25) is 0 Å². The molecule has 0 aliphatic rings. The average molecular weight is 210 g/mol. The quantitative estimate of drug-likeness (QED) is 0.736. The molecule has 2 aromatic rings. The Balaban J connectivity index is 2.57. The topological polar surface area (TPSA) is 41.8 Å². The number of halogens is 1. The lowest BCUT2D eigenvalue weighted by molar-refractivity contribution is 0.425. The van der Waals surface area contributed by atoms with Gasteiger partial charge in [0, 0.05) is 0 Å². The number of benzene rings is 1. The summed E-state index contributed by atoms with van der Waals surface area (Å²) in [7, 11) is 0. The largest absolute Gasteiger partial charge is 0.359 e. The molecule has 0 unspecified atom stereocenters. The van der Waals surface area contributed by atoms with E-state index in [1.165, 1.54) is 6.07 Å². The minimum absolute atomic E-state index is 0.174. The van der Waals surface area contributed by atoms with E-state index in [0.717, 1.165) is 5.56 Å². The van der Waals surface area contributed by atoms with E-state index in [1.54, 1.807) is 12.1 Å². The molecule has 5 heteroatoms. The fourth-order valence-electron chi connectivity index (χ4n) is 1.14. The van der Waals surface area contributed by atoms with Crippen LogP contribution in [0.1, 0.15) is 5.56 Å². The third-order valence-corrected chi connectivity index (χ3v) is 1.97. The van der Waals surface area contributed by atoms with Gasteiger partial charge in [-0.1, -0.05) is 6.07 Å². The van der Waals surface area contributed by atoms with Gasteiger partial charge >= 0.3 is 0 Å². The smallest absolute Gasteiger partial charge is 0.258 e. The predicted octanol–water partition coefficient (Wildman–Crippen LogP) is 2.85. The molecule has 0 aliphatic carbocycles. The molecule has 0 fully saturated rings. The third kappa shape index (κ3) is 1.58. The van der Waals surface area contributed by atoms with Gasteiger partial charge in [-0.25, -0.2) is 4.39 Å². The number of aromatic nitrogens is 2. The van der Waals surface area contributed by atoms with Gasteiger partial charge < -0.3 is 4.52 Å². The van der Waals surface area contributed by atoms with Gasteiger partial charge in [0.25, 0.3) is 5.89 Å². The summed E-state index contributed by atoms with van der Waals surface area (Å²) in [5, 5.41) is 2.37. The highest BCUT2D eigenvalue weighted by Gasteiger charge is 2.09. The summed E-state index contributed by atoms with van der Waals surface area (Å²) in [6, 6.07) is 4.81. The predicted molar refractivity (Wildman–Crippen MR) is 51.8 cm³/mol. The highest BCUT2D eigenvalue weighted by molar-refractivity contribution is 7.71. The molecule has 0 atom stereocenters. The zero-order valence-electron chi connectivity index (χ0n) is 7.37. The molecule has 0 radical (unpaired) electrons. The van der Waals surface area contributed by atoms with Gasteiger partial charge in [0.1, 0.15) is 5.82 Å². The maximum atomic E-state index is 13.4. The SMILES string of the molecule is Cc1ccc(-c2nc(=S)[nH]o2)c(F)c1. The molecular weight excluding hydrogens is 203 g/mol. The van der Waals surface area contributed by atoms with Crippen molar-refractivity contribution in [1.82, 2.24) is 10.1 Å². The Morgan fingerprint density at radius 1 is 1.50 bits per heavy atom. The second-order valence-electron chi connectivity index (χ2n) is 2.91. The Morgan fingerprint density at radius 3 is 2.86 bits per heavy atom. The van der Waals surface area contributed by atoms with Crippen LogP contribution in [0.25, 0.3) is 11.5 Å². The molecule has 14 heavy (non-hydrogen) atoms. The second-order valence-corrected chi connectivity index (χ2v) is 3.30. The van der Waals surface area contributed by atoms with Gasteiger partial charge in [0.15, 0.2) is 0 Å². The van der Waals surface area contributed by atoms with E-state index in [9.17, 15) is 4.39 Å². The summed E-state index contributed by atoms with van der Waals surface area (Å²) in [6.45, 7) is 1.81. The summed E-state index contributed by atoms with van der Waals surface area (Å²) in [4.78, 5) is 3.82. The average Bonchev–Trinajstić information content (AvgIpc) is 2.51. The van der Waals surface area contributed by atoms with Crippen molar-refractivity contribution < 1.29 is 8.91 Å². The Labute approximate surface area is 84.6 Å². The van der Waals surface area contributed by atoms with Gasteiger partial charge in [-0.15, -0.1) is 0 Å². The van der Waals surface area contributed by atoms with Gasteiger partial charge in [-0.05, 0) is 36.8 Å². The lowest BCUT2D eigenvalue weighted by atomic mass is 10.1. The molecule has 0 saturated heterocycles. The highest BCUT2D eigenvalue weighted by Crippen LogP contribution is 2.20. The Kier molecular flexibility index (Phi) is 2.17. The van der Waals surface area contributed by atoms with E-state index in [4.69, 9.17) is 16.7 Å². The minimum Gasteiger partial charge on any atom is -0.359 e. The zero-order valence-corrected chi connectivity index (χ0v) is 8.19. The number of aromatic amines is 1.